The van der Waals surface area contributed by atoms with Crippen LogP contribution in [0.5, 0.6) is 0 Å². The number of nitrogens with one attached hydrogen (secondary N) is 1. The molecule has 0 radical (unpaired) electrons. The third-order valence-corrected chi connectivity index (χ3v) is 5.40. The van der Waals surface area contributed by atoms with Gasteiger partial charge in [-0.05, 0) is 77.0 Å². The van der Waals surface area contributed by atoms with Crippen LogP contribution in [-0.4, -0.2) is 35.6 Å². The Hall–Kier alpha value is -0.590. The largest absolute Gasteiger partial charge is 0.300 e. The number of hydrogen-bond donors (Lipinski definition) is 1. The molecule has 0 aliphatic heterocycles. The van der Waals surface area contributed by atoms with Gasteiger partial charge in [-0.25, -0.2) is 0 Å². The molecular formula is C18H31N3. The molecule has 0 amide bonds. The molecule has 21 heavy (non-hydrogen) atoms. The van der Waals surface area contributed by atoms with Crippen LogP contribution in [0.4, 0.5) is 0 Å². The normalized spacial score (nSPS) is 33.4. The summed E-state index contributed by atoms with van der Waals surface area (Å²) in [5.74, 6) is 1.92. The van der Waals surface area contributed by atoms with Gasteiger partial charge in [-0.15, -0.1) is 0 Å². The first-order valence-electron chi connectivity index (χ1n) is 9.03. The van der Waals surface area contributed by atoms with Crippen LogP contribution in [0.1, 0.15) is 65.2 Å². The van der Waals surface area contributed by atoms with Gasteiger partial charge in [-0.2, -0.15) is 5.26 Å². The summed E-state index contributed by atoms with van der Waals surface area (Å²) >= 11 is 0. The smallest absolute Gasteiger partial charge is 0.108 e. The molecule has 0 aromatic heterocycles. The van der Waals surface area contributed by atoms with Gasteiger partial charge in [0.1, 0.15) is 5.54 Å². The molecular weight excluding hydrogens is 258 g/mol. The SMILES string of the molecule is CC(C)NC1(C#N)CCCC(N(CC2CC2)CC2CC2)C1. The summed E-state index contributed by atoms with van der Waals surface area (Å²) in [5, 5.41) is 13.3. The van der Waals surface area contributed by atoms with Crippen molar-refractivity contribution in [2.45, 2.75) is 82.8 Å². The lowest BCUT2D eigenvalue weighted by atomic mass is 9.78. The highest BCUT2D eigenvalue weighted by atomic mass is 15.2. The summed E-state index contributed by atoms with van der Waals surface area (Å²) in [4.78, 5) is 2.77. The molecule has 3 fully saturated rings. The van der Waals surface area contributed by atoms with Gasteiger partial charge in [0.2, 0.25) is 0 Å². The minimum absolute atomic E-state index is 0.275. The maximum Gasteiger partial charge on any atom is 0.108 e. The Kier molecular flexibility index (Phi) is 4.57. The molecule has 0 aromatic carbocycles. The predicted molar refractivity (Wildman–Crippen MR) is 85.9 cm³/mol. The second-order valence-corrected chi connectivity index (χ2v) is 8.08. The van der Waals surface area contributed by atoms with Crippen LogP contribution >= 0.6 is 0 Å². The maximum absolute atomic E-state index is 9.75. The van der Waals surface area contributed by atoms with Gasteiger partial charge < -0.3 is 0 Å². The van der Waals surface area contributed by atoms with E-state index in [1.807, 2.05) is 0 Å². The molecule has 3 aliphatic carbocycles. The van der Waals surface area contributed by atoms with Gasteiger partial charge >= 0.3 is 0 Å². The Bertz CT molecular complexity index is 378. The second kappa shape index (κ2) is 6.26. The molecule has 3 nitrogen and oxygen atoms in total. The fourth-order valence-corrected chi connectivity index (χ4v) is 4.01. The number of hydrogen-bond acceptors (Lipinski definition) is 3. The van der Waals surface area contributed by atoms with Crippen molar-refractivity contribution in [3.05, 3.63) is 0 Å². The molecule has 0 aromatic rings. The van der Waals surface area contributed by atoms with E-state index in [4.69, 9.17) is 0 Å². The molecule has 0 bridgehead atoms. The van der Waals surface area contributed by atoms with Crippen molar-refractivity contribution in [2.75, 3.05) is 13.1 Å². The molecule has 3 aliphatic rings. The molecule has 2 unspecified atom stereocenters. The minimum Gasteiger partial charge on any atom is -0.300 e. The summed E-state index contributed by atoms with van der Waals surface area (Å²) < 4.78 is 0. The number of rotatable bonds is 7. The van der Waals surface area contributed by atoms with E-state index in [2.05, 4.69) is 30.1 Å². The molecule has 3 heteroatoms. The fourth-order valence-electron chi connectivity index (χ4n) is 4.01. The monoisotopic (exact) mass is 289 g/mol. The van der Waals surface area contributed by atoms with Gasteiger partial charge in [-0.1, -0.05) is 0 Å². The Morgan fingerprint density at radius 1 is 1.14 bits per heavy atom. The zero-order chi connectivity index (χ0) is 14.9. The van der Waals surface area contributed by atoms with Crippen LogP contribution in [0.2, 0.25) is 0 Å². The van der Waals surface area contributed by atoms with Crippen molar-refractivity contribution < 1.29 is 0 Å². The van der Waals surface area contributed by atoms with Gasteiger partial charge in [0.25, 0.3) is 0 Å². The summed E-state index contributed by atoms with van der Waals surface area (Å²) in [6, 6.07) is 3.66. The molecule has 2 atom stereocenters. The summed E-state index contributed by atoms with van der Waals surface area (Å²) in [5.41, 5.74) is -0.275. The standard InChI is InChI=1S/C18H31N3/c1-14(2)20-18(13-19)9-3-4-17(10-18)21(11-15-5-6-15)12-16-7-8-16/h14-17,20H,3-12H2,1-2H3. The van der Waals surface area contributed by atoms with Crippen molar-refractivity contribution in [2.24, 2.45) is 11.8 Å². The van der Waals surface area contributed by atoms with Crippen molar-refractivity contribution in [1.29, 1.82) is 5.26 Å². The third-order valence-electron chi connectivity index (χ3n) is 5.40. The Morgan fingerprint density at radius 2 is 1.76 bits per heavy atom. The van der Waals surface area contributed by atoms with Crippen LogP contribution < -0.4 is 5.32 Å². The van der Waals surface area contributed by atoms with Gasteiger partial charge in [0.15, 0.2) is 0 Å². The predicted octanol–water partition coefficient (Wildman–Crippen LogP) is 3.31. The van der Waals surface area contributed by atoms with E-state index < -0.39 is 0 Å². The van der Waals surface area contributed by atoms with Crippen LogP contribution in [0, 0.1) is 23.2 Å². The molecule has 3 rings (SSSR count). The van der Waals surface area contributed by atoms with Crippen molar-refractivity contribution in [3.8, 4) is 6.07 Å². The lowest BCUT2D eigenvalue weighted by Gasteiger charge is -2.42. The molecule has 3 saturated carbocycles. The van der Waals surface area contributed by atoms with E-state index >= 15 is 0 Å². The quantitative estimate of drug-likeness (QED) is 0.781. The molecule has 0 heterocycles. The number of nitriles is 1. The van der Waals surface area contributed by atoms with Gasteiger partial charge in [0.05, 0.1) is 6.07 Å². The summed E-state index contributed by atoms with van der Waals surface area (Å²) in [6.45, 7) is 6.92. The summed E-state index contributed by atoms with van der Waals surface area (Å²) in [7, 11) is 0. The fraction of sp³-hybridized carbons (Fsp3) is 0.944. The van der Waals surface area contributed by atoms with E-state index in [9.17, 15) is 5.26 Å². The van der Waals surface area contributed by atoms with E-state index in [0.717, 1.165) is 24.7 Å². The highest BCUT2D eigenvalue weighted by Gasteiger charge is 2.41. The average molecular weight is 289 g/mol. The lowest BCUT2D eigenvalue weighted by molar-refractivity contribution is 0.107. The molecule has 118 valence electrons. The minimum atomic E-state index is -0.275. The van der Waals surface area contributed by atoms with Crippen LogP contribution in [0.25, 0.3) is 0 Å². The van der Waals surface area contributed by atoms with E-state index in [0.29, 0.717) is 12.1 Å². The van der Waals surface area contributed by atoms with Crippen molar-refractivity contribution in [3.63, 3.8) is 0 Å². The van der Waals surface area contributed by atoms with E-state index in [-0.39, 0.29) is 5.54 Å². The zero-order valence-electron chi connectivity index (χ0n) is 13.8. The van der Waals surface area contributed by atoms with Crippen LogP contribution in [0.3, 0.4) is 0 Å². The van der Waals surface area contributed by atoms with Crippen molar-refractivity contribution in [1.82, 2.24) is 10.2 Å². The van der Waals surface area contributed by atoms with Crippen LogP contribution in [0.15, 0.2) is 0 Å². The highest BCUT2D eigenvalue weighted by molar-refractivity contribution is 5.12. The summed E-state index contributed by atoms with van der Waals surface area (Å²) in [6.07, 6.45) is 10.3. The molecule has 0 spiro atoms. The topological polar surface area (TPSA) is 39.1 Å². The zero-order valence-corrected chi connectivity index (χ0v) is 13.8. The number of nitrogens with zero attached hydrogens (tertiary/aromatic N) is 2. The van der Waals surface area contributed by atoms with Crippen LogP contribution in [-0.2, 0) is 0 Å². The lowest BCUT2D eigenvalue weighted by Crippen LogP contribution is -2.55. The van der Waals surface area contributed by atoms with E-state index in [1.165, 1.54) is 51.6 Å². The first kappa shape index (κ1) is 15.3. The van der Waals surface area contributed by atoms with Gasteiger partial charge in [-0.3, -0.25) is 10.2 Å². The van der Waals surface area contributed by atoms with Crippen molar-refractivity contribution >= 4 is 0 Å². The second-order valence-electron chi connectivity index (χ2n) is 8.08. The Labute approximate surface area is 130 Å². The maximum atomic E-state index is 9.75. The average Bonchev–Trinajstić information content (AvgIpc) is 3.33. The first-order valence-corrected chi connectivity index (χ1v) is 9.03. The third kappa shape index (κ3) is 4.20. The Balaban J connectivity index is 1.65. The first-order chi connectivity index (χ1) is 10.1. The Morgan fingerprint density at radius 3 is 2.24 bits per heavy atom. The molecule has 1 N–H and O–H groups in total. The highest BCUT2D eigenvalue weighted by Crippen LogP contribution is 2.38. The molecule has 0 saturated heterocycles. The van der Waals surface area contributed by atoms with E-state index in [1.54, 1.807) is 0 Å². The van der Waals surface area contributed by atoms with Gasteiger partial charge in [0, 0.05) is 25.2 Å².